The molecule has 3 nitrogen and oxygen atoms in total. The van der Waals surface area contributed by atoms with E-state index in [1.165, 1.54) is 0 Å². The second-order valence-corrected chi connectivity index (χ2v) is 6.09. The highest BCUT2D eigenvalue weighted by atomic mass is 35.5. The molecule has 0 aromatic rings. The molecule has 2 atom stereocenters. The summed E-state index contributed by atoms with van der Waals surface area (Å²) in [5.41, 5.74) is 0. The van der Waals surface area contributed by atoms with Gasteiger partial charge < -0.3 is 4.74 Å². The number of alkyl halides is 1. The summed E-state index contributed by atoms with van der Waals surface area (Å²) in [7, 11) is 0. The van der Waals surface area contributed by atoms with E-state index in [-0.39, 0.29) is 23.4 Å². The first-order chi connectivity index (χ1) is 9.00. The third-order valence-electron chi connectivity index (χ3n) is 3.42. The van der Waals surface area contributed by atoms with Crippen molar-refractivity contribution in [2.24, 2.45) is 0 Å². The number of rotatable bonds is 2. The van der Waals surface area contributed by atoms with Crippen molar-refractivity contribution in [1.29, 1.82) is 0 Å². The van der Waals surface area contributed by atoms with Crippen LogP contribution in [0.25, 0.3) is 0 Å². The van der Waals surface area contributed by atoms with E-state index in [1.807, 2.05) is 13.8 Å². The molecule has 0 aromatic heterocycles. The number of hydrogen-bond acceptors (Lipinski definition) is 3. The van der Waals surface area contributed by atoms with E-state index in [1.54, 1.807) is 0 Å². The summed E-state index contributed by atoms with van der Waals surface area (Å²) in [6.07, 6.45) is 7.69. The van der Waals surface area contributed by atoms with E-state index in [0.717, 1.165) is 44.9 Å². The summed E-state index contributed by atoms with van der Waals surface area (Å²) >= 11 is 5.62. The van der Waals surface area contributed by atoms with E-state index >= 15 is 0 Å². The number of Topliss-reactive ketones (excluding diaryl/α,β-unsaturated/α-hetero) is 2. The van der Waals surface area contributed by atoms with Crippen LogP contribution in [0.3, 0.4) is 0 Å². The van der Waals surface area contributed by atoms with Gasteiger partial charge in [-0.2, -0.15) is 0 Å². The van der Waals surface area contributed by atoms with E-state index in [9.17, 15) is 9.59 Å². The molecule has 0 bridgehead atoms. The number of hydrogen-bond donors (Lipinski definition) is 0. The van der Waals surface area contributed by atoms with Crippen LogP contribution < -0.4 is 0 Å². The van der Waals surface area contributed by atoms with Crippen LogP contribution in [-0.2, 0) is 14.3 Å². The number of halogens is 1. The minimum atomic E-state index is -0.163. The van der Waals surface area contributed by atoms with E-state index < -0.39 is 0 Å². The highest BCUT2D eigenvalue weighted by molar-refractivity contribution is 6.31. The van der Waals surface area contributed by atoms with Gasteiger partial charge in [-0.15, -0.1) is 11.6 Å². The molecule has 0 heterocycles. The molecule has 0 aromatic carbocycles. The molecule has 0 radical (unpaired) electrons. The number of ether oxygens (including phenoxy) is 1. The molecule has 2 aliphatic carbocycles. The van der Waals surface area contributed by atoms with Gasteiger partial charge in [-0.25, -0.2) is 0 Å². The lowest BCUT2D eigenvalue weighted by Gasteiger charge is -2.22. The van der Waals surface area contributed by atoms with Gasteiger partial charge >= 0.3 is 0 Å². The predicted octanol–water partition coefficient (Wildman–Crippen LogP) is 3.66. The molecule has 0 saturated heterocycles. The van der Waals surface area contributed by atoms with Crippen LogP contribution in [-0.4, -0.2) is 29.2 Å². The zero-order valence-electron chi connectivity index (χ0n) is 12.0. The first kappa shape index (κ1) is 16.6. The fraction of sp³-hybridized carbons (Fsp3) is 0.867. The lowest BCUT2D eigenvalue weighted by Crippen LogP contribution is -2.29. The Morgan fingerprint density at radius 2 is 1.58 bits per heavy atom. The average Bonchev–Trinajstić information content (AvgIpc) is 2.36. The normalized spacial score (nSPS) is 28.0. The monoisotopic (exact) mass is 288 g/mol. The number of ketones is 2. The van der Waals surface area contributed by atoms with Crippen molar-refractivity contribution in [2.45, 2.75) is 82.8 Å². The van der Waals surface area contributed by atoms with Crippen molar-refractivity contribution < 1.29 is 14.3 Å². The van der Waals surface area contributed by atoms with E-state index in [0.29, 0.717) is 12.2 Å². The fourth-order valence-electron chi connectivity index (χ4n) is 2.36. The molecule has 2 fully saturated rings. The molecule has 0 amide bonds. The summed E-state index contributed by atoms with van der Waals surface area (Å²) in [6, 6.07) is 0. The summed E-state index contributed by atoms with van der Waals surface area (Å²) in [6.45, 7) is 3.95. The molecule has 0 aliphatic heterocycles. The maximum Gasteiger partial charge on any atom is 0.161 e. The van der Waals surface area contributed by atoms with Gasteiger partial charge in [0.25, 0.3) is 0 Å². The van der Waals surface area contributed by atoms with Gasteiger partial charge in [0.05, 0.1) is 11.5 Å². The largest absolute Gasteiger partial charge is 0.368 e. The number of carbonyl (C=O) groups is 2. The predicted molar refractivity (Wildman–Crippen MR) is 76.6 cm³/mol. The first-order valence-electron chi connectivity index (χ1n) is 7.35. The second kappa shape index (κ2) is 8.70. The van der Waals surface area contributed by atoms with Gasteiger partial charge in [0.1, 0.15) is 6.10 Å². The van der Waals surface area contributed by atoms with Crippen LogP contribution in [0.5, 0.6) is 0 Å². The molecular weight excluding hydrogens is 264 g/mol. The van der Waals surface area contributed by atoms with Crippen molar-refractivity contribution in [3.63, 3.8) is 0 Å². The zero-order valence-corrected chi connectivity index (χ0v) is 12.7. The summed E-state index contributed by atoms with van der Waals surface area (Å²) < 4.78 is 5.45. The second-order valence-electron chi connectivity index (χ2n) is 5.57. The van der Waals surface area contributed by atoms with Crippen LogP contribution in [0.15, 0.2) is 0 Å². The molecule has 2 saturated carbocycles. The third kappa shape index (κ3) is 6.53. The number of carbonyl (C=O) groups excluding carboxylic acids is 2. The van der Waals surface area contributed by atoms with Crippen LogP contribution in [0.2, 0.25) is 0 Å². The van der Waals surface area contributed by atoms with Crippen molar-refractivity contribution in [2.75, 3.05) is 0 Å². The van der Waals surface area contributed by atoms with Gasteiger partial charge in [-0.1, -0.05) is 6.42 Å². The Morgan fingerprint density at radius 3 is 2.00 bits per heavy atom. The van der Waals surface area contributed by atoms with E-state index in [2.05, 4.69) is 0 Å². The van der Waals surface area contributed by atoms with Crippen molar-refractivity contribution in [3.05, 3.63) is 0 Å². The van der Waals surface area contributed by atoms with Crippen LogP contribution >= 0.6 is 11.6 Å². The standard InChI is InChI=1S/C9H16O2.C6H9ClO/c1-7(2)11-9-6-4-3-5-8(9)10;7-5-3-1-2-4-6(5)8/h7,9H,3-6H2,1-2H3;5H,1-4H2. The molecule has 110 valence electrons. The quantitative estimate of drug-likeness (QED) is 0.728. The molecule has 19 heavy (non-hydrogen) atoms. The lowest BCUT2D eigenvalue weighted by molar-refractivity contribution is -0.136. The Morgan fingerprint density at radius 1 is 1.00 bits per heavy atom. The van der Waals surface area contributed by atoms with Crippen LogP contribution in [0.1, 0.15) is 65.2 Å². The smallest absolute Gasteiger partial charge is 0.161 e. The molecule has 2 aliphatic rings. The molecule has 2 unspecified atom stereocenters. The summed E-state index contributed by atoms with van der Waals surface area (Å²) in [4.78, 5) is 21.9. The minimum absolute atomic E-state index is 0.0938. The summed E-state index contributed by atoms with van der Waals surface area (Å²) in [5, 5.41) is -0.163. The topological polar surface area (TPSA) is 43.4 Å². The van der Waals surface area contributed by atoms with Crippen LogP contribution in [0.4, 0.5) is 0 Å². The van der Waals surface area contributed by atoms with Crippen molar-refractivity contribution >= 4 is 23.2 Å². The van der Waals surface area contributed by atoms with E-state index in [4.69, 9.17) is 16.3 Å². The van der Waals surface area contributed by atoms with Crippen LogP contribution in [0, 0.1) is 0 Å². The Balaban J connectivity index is 0.000000200. The zero-order chi connectivity index (χ0) is 14.3. The van der Waals surface area contributed by atoms with Gasteiger partial charge in [-0.3, -0.25) is 9.59 Å². The molecular formula is C15H25ClO3. The third-order valence-corrected chi connectivity index (χ3v) is 3.88. The molecule has 0 N–H and O–H groups in total. The summed E-state index contributed by atoms with van der Waals surface area (Å²) in [5.74, 6) is 0.530. The maximum absolute atomic E-state index is 11.2. The average molecular weight is 289 g/mol. The Bertz CT molecular complexity index is 302. The van der Waals surface area contributed by atoms with Crippen molar-refractivity contribution in [1.82, 2.24) is 0 Å². The highest BCUT2D eigenvalue weighted by Crippen LogP contribution is 2.19. The Kier molecular flexibility index (Phi) is 7.62. The minimum Gasteiger partial charge on any atom is -0.368 e. The fourth-order valence-corrected chi connectivity index (χ4v) is 2.63. The Hall–Kier alpha value is -0.410. The lowest BCUT2D eigenvalue weighted by atomic mass is 9.96. The SMILES string of the molecule is CC(C)OC1CCCCC1=O.O=C1CCCCC1Cl. The molecule has 4 heteroatoms. The van der Waals surface area contributed by atoms with Crippen molar-refractivity contribution in [3.8, 4) is 0 Å². The van der Waals surface area contributed by atoms with Gasteiger partial charge in [-0.05, 0) is 46.0 Å². The Labute approximate surface area is 121 Å². The molecule has 2 rings (SSSR count). The van der Waals surface area contributed by atoms with Gasteiger partial charge in [0.2, 0.25) is 0 Å². The van der Waals surface area contributed by atoms with Gasteiger partial charge in [0, 0.05) is 12.8 Å². The maximum atomic E-state index is 11.2. The first-order valence-corrected chi connectivity index (χ1v) is 7.79. The molecule has 0 spiro atoms. The highest BCUT2D eigenvalue weighted by Gasteiger charge is 2.23. The van der Waals surface area contributed by atoms with Gasteiger partial charge in [0.15, 0.2) is 11.6 Å².